The highest BCUT2D eigenvalue weighted by Crippen LogP contribution is 2.16. The lowest BCUT2D eigenvalue weighted by atomic mass is 10.2. The van der Waals surface area contributed by atoms with E-state index in [-0.39, 0.29) is 18.5 Å². The number of nitrogens with one attached hydrogen (secondary N) is 1. The zero-order chi connectivity index (χ0) is 19.5. The minimum Gasteiger partial charge on any atom is -0.484 e. The number of esters is 1. The molecule has 0 aliphatic carbocycles. The lowest BCUT2D eigenvalue weighted by Crippen LogP contribution is -2.20. The Bertz CT molecular complexity index is 729. The van der Waals surface area contributed by atoms with Gasteiger partial charge in [0, 0.05) is 10.7 Å². The standard InChI is InChI=1S/C21H24ClNO4/c1-2-3-4-5-14-26-21(25)16-6-10-18(11-7-16)23-20(24)15-27-19-12-8-17(22)9-13-19/h6-13H,2-5,14-15H2,1H3,(H,23,24). The van der Waals surface area contributed by atoms with E-state index in [1.165, 1.54) is 0 Å². The molecule has 1 amide bonds. The third-order valence-electron chi connectivity index (χ3n) is 3.82. The van der Waals surface area contributed by atoms with E-state index in [2.05, 4.69) is 12.2 Å². The summed E-state index contributed by atoms with van der Waals surface area (Å²) in [6.45, 7) is 2.44. The second-order valence-electron chi connectivity index (χ2n) is 6.06. The van der Waals surface area contributed by atoms with E-state index in [0.29, 0.717) is 28.6 Å². The third-order valence-corrected chi connectivity index (χ3v) is 4.07. The average molecular weight is 390 g/mol. The molecule has 0 heterocycles. The van der Waals surface area contributed by atoms with Crippen LogP contribution in [0.1, 0.15) is 43.0 Å². The zero-order valence-electron chi connectivity index (χ0n) is 15.4. The summed E-state index contributed by atoms with van der Waals surface area (Å²) in [5.74, 6) is -0.0850. The second-order valence-corrected chi connectivity index (χ2v) is 6.50. The topological polar surface area (TPSA) is 64.6 Å². The van der Waals surface area contributed by atoms with E-state index in [0.717, 1.165) is 25.7 Å². The number of benzene rings is 2. The van der Waals surface area contributed by atoms with Crippen molar-refractivity contribution in [2.75, 3.05) is 18.5 Å². The molecule has 27 heavy (non-hydrogen) atoms. The number of hydrogen-bond donors (Lipinski definition) is 1. The first kappa shape index (κ1) is 20.8. The summed E-state index contributed by atoms with van der Waals surface area (Å²) in [7, 11) is 0. The fourth-order valence-corrected chi connectivity index (χ4v) is 2.47. The second kappa shape index (κ2) is 11.2. The molecule has 0 aliphatic heterocycles. The Morgan fingerprint density at radius 1 is 0.963 bits per heavy atom. The van der Waals surface area contributed by atoms with Gasteiger partial charge in [-0.15, -0.1) is 0 Å². The van der Waals surface area contributed by atoms with Gasteiger partial charge in [-0.3, -0.25) is 4.79 Å². The Morgan fingerprint density at radius 3 is 2.33 bits per heavy atom. The molecule has 6 heteroatoms. The van der Waals surface area contributed by atoms with Crippen LogP contribution in [0.25, 0.3) is 0 Å². The summed E-state index contributed by atoms with van der Waals surface area (Å²) >= 11 is 5.80. The van der Waals surface area contributed by atoms with Gasteiger partial charge in [-0.25, -0.2) is 4.79 Å². The van der Waals surface area contributed by atoms with Crippen LogP contribution in [0.3, 0.4) is 0 Å². The molecule has 1 N–H and O–H groups in total. The first-order valence-corrected chi connectivity index (χ1v) is 9.41. The number of unbranched alkanes of at least 4 members (excludes halogenated alkanes) is 3. The van der Waals surface area contributed by atoms with Crippen molar-refractivity contribution in [3.05, 3.63) is 59.1 Å². The minimum absolute atomic E-state index is 0.122. The van der Waals surface area contributed by atoms with E-state index < -0.39 is 0 Å². The SMILES string of the molecule is CCCCCCOC(=O)c1ccc(NC(=O)COc2ccc(Cl)cc2)cc1. The Kier molecular flexibility index (Phi) is 8.65. The van der Waals surface area contributed by atoms with Gasteiger partial charge in [0.1, 0.15) is 5.75 Å². The zero-order valence-corrected chi connectivity index (χ0v) is 16.1. The predicted octanol–water partition coefficient (Wildman–Crippen LogP) is 5.09. The van der Waals surface area contributed by atoms with Crippen molar-refractivity contribution in [1.29, 1.82) is 0 Å². The van der Waals surface area contributed by atoms with Gasteiger partial charge in [0.2, 0.25) is 0 Å². The molecule has 0 unspecified atom stereocenters. The van der Waals surface area contributed by atoms with E-state index in [1.807, 2.05) is 0 Å². The van der Waals surface area contributed by atoms with Crippen LogP contribution in [0, 0.1) is 0 Å². The Balaban J connectivity index is 1.74. The van der Waals surface area contributed by atoms with Crippen molar-refractivity contribution in [3.8, 4) is 5.75 Å². The average Bonchev–Trinajstić information content (AvgIpc) is 2.68. The number of anilines is 1. The molecule has 0 saturated carbocycles. The molecular weight excluding hydrogens is 366 g/mol. The lowest BCUT2D eigenvalue weighted by molar-refractivity contribution is -0.118. The Morgan fingerprint density at radius 2 is 1.67 bits per heavy atom. The Hall–Kier alpha value is -2.53. The van der Waals surface area contributed by atoms with E-state index in [9.17, 15) is 9.59 Å². The van der Waals surface area contributed by atoms with Gasteiger partial charge >= 0.3 is 5.97 Å². The number of rotatable bonds is 10. The minimum atomic E-state index is -0.351. The molecule has 0 fully saturated rings. The number of amides is 1. The molecule has 0 bridgehead atoms. The van der Waals surface area contributed by atoms with Crippen LogP contribution in [0.15, 0.2) is 48.5 Å². The summed E-state index contributed by atoms with van der Waals surface area (Å²) in [4.78, 5) is 23.9. The maximum absolute atomic E-state index is 12.0. The van der Waals surface area contributed by atoms with Crippen LogP contribution in [0.5, 0.6) is 5.75 Å². The van der Waals surface area contributed by atoms with Crippen LogP contribution in [0.4, 0.5) is 5.69 Å². The van der Waals surface area contributed by atoms with Gasteiger partial charge in [0.15, 0.2) is 6.61 Å². The van der Waals surface area contributed by atoms with Crippen molar-refractivity contribution in [2.24, 2.45) is 0 Å². The summed E-state index contributed by atoms with van der Waals surface area (Å²) < 4.78 is 10.6. The summed E-state index contributed by atoms with van der Waals surface area (Å²) in [5.41, 5.74) is 1.04. The van der Waals surface area contributed by atoms with Gasteiger partial charge in [-0.05, 0) is 55.0 Å². The van der Waals surface area contributed by atoms with Gasteiger partial charge in [0.05, 0.1) is 12.2 Å². The maximum atomic E-state index is 12.0. The molecule has 2 aromatic carbocycles. The van der Waals surface area contributed by atoms with Crippen LogP contribution in [-0.2, 0) is 9.53 Å². The molecule has 2 aromatic rings. The van der Waals surface area contributed by atoms with Gasteiger partial charge < -0.3 is 14.8 Å². The number of carbonyl (C=O) groups is 2. The lowest BCUT2D eigenvalue weighted by Gasteiger charge is -2.08. The van der Waals surface area contributed by atoms with Gasteiger partial charge in [-0.1, -0.05) is 37.8 Å². The van der Waals surface area contributed by atoms with E-state index >= 15 is 0 Å². The highest BCUT2D eigenvalue weighted by molar-refractivity contribution is 6.30. The molecule has 0 atom stereocenters. The monoisotopic (exact) mass is 389 g/mol. The smallest absolute Gasteiger partial charge is 0.338 e. The molecule has 0 saturated heterocycles. The summed E-state index contributed by atoms with van der Waals surface area (Å²) in [5, 5.41) is 3.32. The van der Waals surface area contributed by atoms with Gasteiger partial charge in [0.25, 0.3) is 5.91 Å². The first-order valence-electron chi connectivity index (χ1n) is 9.04. The number of carbonyl (C=O) groups excluding carboxylic acids is 2. The molecule has 5 nitrogen and oxygen atoms in total. The molecule has 144 valence electrons. The quantitative estimate of drug-likeness (QED) is 0.453. The number of ether oxygens (including phenoxy) is 2. The fourth-order valence-electron chi connectivity index (χ4n) is 2.34. The largest absolute Gasteiger partial charge is 0.484 e. The molecule has 0 aliphatic rings. The van der Waals surface area contributed by atoms with Crippen molar-refractivity contribution >= 4 is 29.2 Å². The van der Waals surface area contributed by atoms with Crippen molar-refractivity contribution in [2.45, 2.75) is 32.6 Å². The highest BCUT2D eigenvalue weighted by Gasteiger charge is 2.08. The Labute approximate surface area is 164 Å². The third kappa shape index (κ3) is 7.71. The van der Waals surface area contributed by atoms with Crippen molar-refractivity contribution in [1.82, 2.24) is 0 Å². The molecule has 2 rings (SSSR count). The maximum Gasteiger partial charge on any atom is 0.338 e. The molecular formula is C21H24ClNO4. The molecule has 0 radical (unpaired) electrons. The molecule has 0 spiro atoms. The van der Waals surface area contributed by atoms with Crippen LogP contribution < -0.4 is 10.1 Å². The van der Waals surface area contributed by atoms with Crippen molar-refractivity contribution < 1.29 is 19.1 Å². The number of halogens is 1. The highest BCUT2D eigenvalue weighted by atomic mass is 35.5. The van der Waals surface area contributed by atoms with Crippen LogP contribution in [-0.4, -0.2) is 25.1 Å². The van der Waals surface area contributed by atoms with Crippen LogP contribution in [0.2, 0.25) is 5.02 Å². The predicted molar refractivity (Wildman–Crippen MR) is 106 cm³/mol. The molecule has 0 aromatic heterocycles. The van der Waals surface area contributed by atoms with Crippen molar-refractivity contribution in [3.63, 3.8) is 0 Å². The number of hydrogen-bond acceptors (Lipinski definition) is 4. The summed E-state index contributed by atoms with van der Waals surface area (Å²) in [6, 6.07) is 13.3. The van der Waals surface area contributed by atoms with E-state index in [1.54, 1.807) is 48.5 Å². The van der Waals surface area contributed by atoms with Gasteiger partial charge in [-0.2, -0.15) is 0 Å². The normalized spacial score (nSPS) is 10.3. The first-order chi connectivity index (χ1) is 13.1. The van der Waals surface area contributed by atoms with E-state index in [4.69, 9.17) is 21.1 Å². The summed E-state index contributed by atoms with van der Waals surface area (Å²) in [6.07, 6.45) is 4.23. The fraction of sp³-hybridized carbons (Fsp3) is 0.333. The van der Waals surface area contributed by atoms with Crippen LogP contribution >= 0.6 is 11.6 Å².